The van der Waals surface area contributed by atoms with E-state index in [2.05, 4.69) is 59.7 Å². The molecule has 2 aromatic carbocycles. The van der Waals surface area contributed by atoms with Gasteiger partial charge in [0.2, 0.25) is 5.89 Å². The highest BCUT2D eigenvalue weighted by Gasteiger charge is 2.45. The van der Waals surface area contributed by atoms with Crippen molar-refractivity contribution < 1.29 is 19.4 Å². The Bertz CT molecular complexity index is 2240. The predicted octanol–water partition coefficient (Wildman–Crippen LogP) is 5.93. The highest BCUT2D eigenvalue weighted by Crippen LogP contribution is 2.46. The van der Waals surface area contributed by atoms with Crippen molar-refractivity contribution in [1.29, 1.82) is 5.26 Å². The van der Waals surface area contributed by atoms with Crippen molar-refractivity contribution in [3.8, 4) is 6.07 Å². The van der Waals surface area contributed by atoms with Crippen LogP contribution in [0.15, 0.2) is 83.6 Å². The maximum atomic E-state index is 11.9. The van der Waals surface area contributed by atoms with Crippen molar-refractivity contribution in [3.05, 3.63) is 113 Å². The molecule has 0 bridgehead atoms. The largest absolute Gasteiger partial charge is 0.481 e. The number of aliphatic hydroxyl groups excluding tert-OH is 1. The third kappa shape index (κ3) is 6.38. The SMILES string of the molecule is Cc1ccccc1C1=CC=CC(Nc2nccc3cc(CNCCO)cnc23)(c2nc3cc(CN4CC[C@@](C)(C(=O)O)C4)cc(C#N)c3o2)C1C. The molecular formula is C40H41N7O4. The number of nitrogens with one attached hydrogen (secondary N) is 2. The Kier molecular flexibility index (Phi) is 9.16. The van der Waals surface area contributed by atoms with Gasteiger partial charge in [0, 0.05) is 49.9 Å². The predicted molar refractivity (Wildman–Crippen MR) is 195 cm³/mol. The average Bonchev–Trinajstić information content (AvgIpc) is 3.74. The fraction of sp³-hybridized carbons (Fsp3) is 0.325. The van der Waals surface area contributed by atoms with Gasteiger partial charge in [-0.1, -0.05) is 43.3 Å². The van der Waals surface area contributed by atoms with Gasteiger partial charge in [-0.25, -0.2) is 9.97 Å². The summed E-state index contributed by atoms with van der Waals surface area (Å²) in [5.41, 5.74) is 5.37. The molecular weight excluding hydrogens is 642 g/mol. The van der Waals surface area contributed by atoms with Gasteiger partial charge in [0.15, 0.2) is 11.4 Å². The number of aromatic nitrogens is 3. The number of carboxylic acids is 1. The van der Waals surface area contributed by atoms with E-state index < -0.39 is 16.9 Å². The molecule has 5 aromatic rings. The first kappa shape index (κ1) is 34.1. The lowest BCUT2D eigenvalue weighted by Gasteiger charge is -2.39. The van der Waals surface area contributed by atoms with Crippen LogP contribution in [0.1, 0.15) is 54.0 Å². The monoisotopic (exact) mass is 683 g/mol. The van der Waals surface area contributed by atoms with E-state index in [0.717, 1.165) is 33.2 Å². The number of nitriles is 1. The normalized spacial score (nSPS) is 21.9. The third-order valence-electron chi connectivity index (χ3n) is 10.3. The van der Waals surface area contributed by atoms with Gasteiger partial charge in [-0.2, -0.15) is 5.26 Å². The molecule has 4 heterocycles. The number of oxazole rings is 1. The number of hydrogen-bond donors (Lipinski definition) is 4. The quantitative estimate of drug-likeness (QED) is 0.122. The Labute approximate surface area is 296 Å². The van der Waals surface area contributed by atoms with E-state index in [0.29, 0.717) is 73.0 Å². The number of nitrogens with zero attached hydrogens (tertiary/aromatic N) is 5. The number of carbonyl (C=O) groups is 1. The molecule has 0 saturated carbocycles. The lowest BCUT2D eigenvalue weighted by molar-refractivity contribution is -0.147. The van der Waals surface area contributed by atoms with Gasteiger partial charge in [-0.15, -0.1) is 0 Å². The van der Waals surface area contributed by atoms with Gasteiger partial charge in [-0.05, 0) is 85.0 Å². The highest BCUT2D eigenvalue weighted by atomic mass is 16.4. The molecule has 260 valence electrons. The van der Waals surface area contributed by atoms with Crippen molar-refractivity contribution in [3.63, 3.8) is 0 Å². The number of benzene rings is 2. The first-order valence-electron chi connectivity index (χ1n) is 17.2. The Morgan fingerprint density at radius 3 is 2.78 bits per heavy atom. The van der Waals surface area contributed by atoms with E-state index in [1.54, 1.807) is 13.1 Å². The van der Waals surface area contributed by atoms with Crippen LogP contribution in [0.5, 0.6) is 0 Å². The van der Waals surface area contributed by atoms with Crippen molar-refractivity contribution in [1.82, 2.24) is 25.2 Å². The van der Waals surface area contributed by atoms with Crippen molar-refractivity contribution >= 4 is 39.4 Å². The summed E-state index contributed by atoms with van der Waals surface area (Å²) in [6, 6.07) is 18.3. The van der Waals surface area contributed by atoms with Crippen LogP contribution in [-0.2, 0) is 23.4 Å². The number of hydrogen-bond acceptors (Lipinski definition) is 10. The molecule has 0 spiro atoms. The topological polar surface area (TPSA) is 160 Å². The van der Waals surface area contributed by atoms with Gasteiger partial charge in [0.1, 0.15) is 22.6 Å². The van der Waals surface area contributed by atoms with Crippen LogP contribution in [0.3, 0.4) is 0 Å². The van der Waals surface area contributed by atoms with Gasteiger partial charge < -0.3 is 25.3 Å². The van der Waals surface area contributed by atoms with E-state index >= 15 is 0 Å². The summed E-state index contributed by atoms with van der Waals surface area (Å²) in [4.78, 5) is 28.7. The van der Waals surface area contributed by atoms with E-state index in [4.69, 9.17) is 19.4 Å². The molecule has 1 saturated heterocycles. The van der Waals surface area contributed by atoms with Crippen molar-refractivity contribution in [2.24, 2.45) is 11.3 Å². The average molecular weight is 684 g/mol. The minimum Gasteiger partial charge on any atom is -0.481 e. The molecule has 51 heavy (non-hydrogen) atoms. The van der Waals surface area contributed by atoms with Crippen LogP contribution in [-0.4, -0.2) is 62.3 Å². The Balaban J connectivity index is 1.31. The maximum absolute atomic E-state index is 11.9. The van der Waals surface area contributed by atoms with Crippen molar-refractivity contribution in [2.75, 3.05) is 31.6 Å². The van der Waals surface area contributed by atoms with Crippen LogP contribution in [0.4, 0.5) is 5.82 Å². The zero-order valence-electron chi connectivity index (χ0n) is 29.0. The molecule has 0 amide bonds. The smallest absolute Gasteiger partial charge is 0.310 e. The number of aryl methyl sites for hydroxylation is 1. The zero-order valence-corrected chi connectivity index (χ0v) is 29.0. The second-order valence-corrected chi connectivity index (χ2v) is 13.9. The van der Waals surface area contributed by atoms with Gasteiger partial charge in [-0.3, -0.25) is 14.7 Å². The van der Waals surface area contributed by atoms with Crippen LogP contribution in [0.2, 0.25) is 0 Å². The summed E-state index contributed by atoms with van der Waals surface area (Å²) >= 11 is 0. The van der Waals surface area contributed by atoms with Gasteiger partial charge >= 0.3 is 5.97 Å². The number of aliphatic hydroxyl groups is 1. The van der Waals surface area contributed by atoms with E-state index in [1.165, 1.54) is 0 Å². The van der Waals surface area contributed by atoms with Gasteiger partial charge in [0.05, 0.1) is 17.6 Å². The highest BCUT2D eigenvalue weighted by molar-refractivity contribution is 5.89. The minimum absolute atomic E-state index is 0.0590. The lowest BCUT2D eigenvalue weighted by Crippen LogP contribution is -2.42. The van der Waals surface area contributed by atoms with Gasteiger partial charge in [0.25, 0.3) is 0 Å². The summed E-state index contributed by atoms with van der Waals surface area (Å²) in [5, 5.41) is 37.0. The van der Waals surface area contributed by atoms with Crippen LogP contribution in [0.25, 0.3) is 27.6 Å². The molecule has 11 nitrogen and oxygen atoms in total. The van der Waals surface area contributed by atoms with Crippen LogP contribution in [0, 0.1) is 29.6 Å². The molecule has 3 atom stereocenters. The number of rotatable bonds is 11. The molecule has 3 aromatic heterocycles. The minimum atomic E-state index is -1.03. The van der Waals surface area contributed by atoms with Crippen molar-refractivity contribution in [2.45, 2.75) is 45.8 Å². The Hall–Kier alpha value is -5.41. The van der Waals surface area contributed by atoms with Crippen LogP contribution >= 0.6 is 0 Å². The maximum Gasteiger partial charge on any atom is 0.310 e. The first-order valence-corrected chi connectivity index (χ1v) is 17.2. The lowest BCUT2D eigenvalue weighted by atomic mass is 9.73. The Morgan fingerprint density at radius 1 is 1.18 bits per heavy atom. The fourth-order valence-electron chi connectivity index (χ4n) is 7.39. The molecule has 0 radical (unpaired) electrons. The number of fused-ring (bicyclic) bond motifs is 2. The Morgan fingerprint density at radius 2 is 2.02 bits per heavy atom. The molecule has 7 rings (SSSR count). The summed E-state index contributed by atoms with van der Waals surface area (Å²) in [5.74, 6) is -0.0579. The number of anilines is 1. The molecule has 1 fully saturated rings. The molecule has 11 heteroatoms. The third-order valence-corrected chi connectivity index (χ3v) is 10.3. The number of allylic oxidation sites excluding steroid dienone is 2. The fourth-order valence-corrected chi connectivity index (χ4v) is 7.39. The molecule has 4 N–H and O–H groups in total. The molecule has 2 aliphatic rings. The summed E-state index contributed by atoms with van der Waals surface area (Å²) in [7, 11) is 0. The van der Waals surface area contributed by atoms with E-state index in [1.807, 2.05) is 48.7 Å². The zero-order chi connectivity index (χ0) is 35.8. The summed E-state index contributed by atoms with van der Waals surface area (Å²) in [6.07, 6.45) is 10.3. The second kappa shape index (κ2) is 13.7. The summed E-state index contributed by atoms with van der Waals surface area (Å²) in [6.45, 7) is 8.73. The molecule has 1 aliphatic heterocycles. The first-order chi connectivity index (χ1) is 24.6. The number of carboxylic acid groups (broad SMARTS) is 1. The van der Waals surface area contributed by atoms with E-state index in [-0.39, 0.29) is 12.5 Å². The number of pyridine rings is 2. The molecule has 2 unspecified atom stereocenters. The van der Waals surface area contributed by atoms with Crippen LogP contribution < -0.4 is 10.6 Å². The van der Waals surface area contributed by atoms with E-state index in [9.17, 15) is 20.3 Å². The second-order valence-electron chi connectivity index (χ2n) is 13.9. The number of aliphatic carboxylic acids is 1. The summed E-state index contributed by atoms with van der Waals surface area (Å²) < 4.78 is 6.62. The number of likely N-dealkylation sites (tertiary alicyclic amines) is 1. The molecule has 1 aliphatic carbocycles. The standard InChI is InChI=1S/C40H41N7O4/c1-25-7-4-5-8-31(25)32-9-6-11-40(26(32)2,46-36-34-29(10-13-43-36)18-28(22-44-34)21-42-14-16-48)37-45-33-19-27(17-30(20-41)35(33)51-37)23-47-15-12-39(3,24-47)38(49)50/h4-11,13,17-19,22,26,42,48H,12,14-16,21,23-24H2,1-3H3,(H,43,46)(H,49,50)/t26?,39-,40?/m1/s1.